The fourth-order valence-corrected chi connectivity index (χ4v) is 5.36. The van der Waals surface area contributed by atoms with Crippen molar-refractivity contribution in [3.05, 3.63) is 62.6 Å². The molecule has 0 aliphatic carbocycles. The molecule has 0 unspecified atom stereocenters. The summed E-state index contributed by atoms with van der Waals surface area (Å²) in [5, 5.41) is 21.5. The molecule has 0 spiro atoms. The second kappa shape index (κ2) is 10.1. The van der Waals surface area contributed by atoms with Gasteiger partial charge in [-0.25, -0.2) is 8.42 Å². The zero-order valence-electron chi connectivity index (χ0n) is 16.4. The molecule has 2 aromatic rings. The van der Waals surface area contributed by atoms with Gasteiger partial charge in [0, 0.05) is 43.8 Å². The van der Waals surface area contributed by atoms with Crippen molar-refractivity contribution in [1.29, 1.82) is 0 Å². The largest absolute Gasteiger partial charge is 0.491 e. The molecule has 0 bridgehead atoms. The van der Waals surface area contributed by atoms with Crippen LogP contribution in [0.25, 0.3) is 0 Å². The van der Waals surface area contributed by atoms with Crippen molar-refractivity contribution >= 4 is 38.9 Å². The average Bonchev–Trinajstić information content (AvgIpc) is 2.74. The lowest BCUT2D eigenvalue weighted by molar-refractivity contribution is -0.384. The Morgan fingerprint density at radius 3 is 2.52 bits per heavy atom. The molecule has 0 radical (unpaired) electrons. The number of hydrogen-bond acceptors (Lipinski definition) is 7. The highest BCUT2D eigenvalue weighted by molar-refractivity contribution is 7.89. The minimum Gasteiger partial charge on any atom is -0.491 e. The SMILES string of the molecule is O=[N+]([O-])c1cccc(OC[C@H](O)CN2CCN(S(=O)(=O)c3cc(Cl)ccc3Cl)CC2)c1. The number of piperazine rings is 1. The van der Waals surface area contributed by atoms with Crippen molar-refractivity contribution in [3.63, 3.8) is 0 Å². The van der Waals surface area contributed by atoms with E-state index in [2.05, 4.69) is 0 Å². The Balaban J connectivity index is 1.51. The number of nitrogens with zero attached hydrogens (tertiary/aromatic N) is 3. The second-order valence-corrected chi connectivity index (χ2v) is 9.75. The number of aliphatic hydroxyl groups is 1. The number of rotatable bonds is 8. The van der Waals surface area contributed by atoms with E-state index in [1.54, 1.807) is 6.07 Å². The van der Waals surface area contributed by atoms with Crippen LogP contribution in [0, 0.1) is 10.1 Å². The molecule has 1 aliphatic heterocycles. The lowest BCUT2D eigenvalue weighted by atomic mass is 10.3. The van der Waals surface area contributed by atoms with Crippen molar-refractivity contribution in [3.8, 4) is 5.75 Å². The summed E-state index contributed by atoms with van der Waals surface area (Å²) in [6.07, 6.45) is -0.843. The number of nitro groups is 1. The van der Waals surface area contributed by atoms with Gasteiger partial charge < -0.3 is 9.84 Å². The van der Waals surface area contributed by atoms with Gasteiger partial charge in [-0.15, -0.1) is 0 Å². The zero-order chi connectivity index (χ0) is 22.6. The van der Waals surface area contributed by atoms with Gasteiger partial charge in [0.2, 0.25) is 10.0 Å². The molecule has 1 heterocycles. The lowest BCUT2D eigenvalue weighted by Gasteiger charge is -2.35. The minimum atomic E-state index is -3.78. The van der Waals surface area contributed by atoms with Gasteiger partial charge in [0.1, 0.15) is 23.4 Å². The third-order valence-corrected chi connectivity index (χ3v) is 7.40. The van der Waals surface area contributed by atoms with Crippen LogP contribution >= 0.6 is 23.2 Å². The third kappa shape index (κ3) is 6.06. The normalized spacial score (nSPS) is 16.7. The van der Waals surface area contributed by atoms with Crippen molar-refractivity contribution in [2.45, 2.75) is 11.0 Å². The number of aliphatic hydroxyl groups excluding tert-OH is 1. The summed E-state index contributed by atoms with van der Waals surface area (Å²) in [5.74, 6) is 0.294. The second-order valence-electron chi connectivity index (χ2n) is 7.00. The van der Waals surface area contributed by atoms with Gasteiger partial charge in [-0.2, -0.15) is 4.31 Å². The Bertz CT molecular complexity index is 1040. The lowest BCUT2D eigenvalue weighted by Crippen LogP contribution is -2.50. The van der Waals surface area contributed by atoms with E-state index in [9.17, 15) is 23.6 Å². The summed E-state index contributed by atoms with van der Waals surface area (Å²) in [6.45, 7) is 1.56. The summed E-state index contributed by atoms with van der Waals surface area (Å²) >= 11 is 12.0. The number of ether oxygens (including phenoxy) is 1. The summed E-state index contributed by atoms with van der Waals surface area (Å²) in [4.78, 5) is 12.2. The van der Waals surface area contributed by atoms with Crippen LogP contribution in [0.1, 0.15) is 0 Å². The van der Waals surface area contributed by atoms with Crippen LogP contribution in [-0.2, 0) is 10.0 Å². The van der Waals surface area contributed by atoms with Gasteiger partial charge in [0.05, 0.1) is 16.0 Å². The molecule has 12 heteroatoms. The summed E-state index contributed by atoms with van der Waals surface area (Å²) in [5.41, 5.74) is -0.0934. The Morgan fingerprint density at radius 2 is 1.84 bits per heavy atom. The van der Waals surface area contributed by atoms with Crippen LogP contribution in [0.5, 0.6) is 5.75 Å². The third-order valence-electron chi connectivity index (χ3n) is 4.78. The van der Waals surface area contributed by atoms with E-state index in [1.165, 1.54) is 40.7 Å². The highest BCUT2D eigenvalue weighted by atomic mass is 35.5. The first kappa shape index (κ1) is 23.7. The van der Waals surface area contributed by atoms with Gasteiger partial charge in [-0.3, -0.25) is 15.0 Å². The molecule has 1 saturated heterocycles. The van der Waals surface area contributed by atoms with Crippen LogP contribution in [0.15, 0.2) is 47.4 Å². The van der Waals surface area contributed by atoms with Crippen molar-refractivity contribution in [2.24, 2.45) is 0 Å². The van der Waals surface area contributed by atoms with Crippen LogP contribution in [0.3, 0.4) is 0 Å². The van der Waals surface area contributed by atoms with E-state index in [-0.39, 0.29) is 46.9 Å². The number of sulfonamides is 1. The minimum absolute atomic E-state index is 0.0273. The molecule has 1 N–H and O–H groups in total. The van der Waals surface area contributed by atoms with E-state index in [0.717, 1.165) is 0 Å². The van der Waals surface area contributed by atoms with Crippen LogP contribution in [-0.4, -0.2) is 73.1 Å². The molecule has 31 heavy (non-hydrogen) atoms. The van der Waals surface area contributed by atoms with E-state index in [1.807, 2.05) is 4.90 Å². The van der Waals surface area contributed by atoms with Gasteiger partial charge >= 0.3 is 0 Å². The standard InChI is InChI=1S/C19H21Cl2N3O6S/c20-14-4-5-18(21)19(10-14)31(28,29)23-8-6-22(7-9-23)12-16(25)13-30-17-3-1-2-15(11-17)24(26)27/h1-5,10-11,16,25H,6-9,12-13H2/t16-/m1/s1. The molecule has 0 aromatic heterocycles. The number of nitro benzene ring substituents is 1. The molecule has 1 fully saturated rings. The van der Waals surface area contributed by atoms with Crippen LogP contribution < -0.4 is 4.74 Å². The average molecular weight is 490 g/mol. The molecule has 168 valence electrons. The van der Waals surface area contributed by atoms with Gasteiger partial charge in [0.25, 0.3) is 5.69 Å². The fourth-order valence-electron chi connectivity index (χ4n) is 3.20. The molecular weight excluding hydrogens is 469 g/mol. The van der Waals surface area contributed by atoms with Gasteiger partial charge in [-0.1, -0.05) is 29.3 Å². The number of benzene rings is 2. The maximum atomic E-state index is 12.9. The monoisotopic (exact) mass is 489 g/mol. The number of hydrogen-bond donors (Lipinski definition) is 1. The Labute approximate surface area is 189 Å². The molecule has 9 nitrogen and oxygen atoms in total. The van der Waals surface area contributed by atoms with Gasteiger partial charge in [0.15, 0.2) is 0 Å². The van der Waals surface area contributed by atoms with Crippen molar-refractivity contribution < 1.29 is 23.2 Å². The van der Waals surface area contributed by atoms with E-state index in [0.29, 0.717) is 18.8 Å². The molecule has 1 aliphatic rings. The quantitative estimate of drug-likeness (QED) is 0.447. The molecule has 3 rings (SSSR count). The fraction of sp³-hybridized carbons (Fsp3) is 0.368. The maximum Gasteiger partial charge on any atom is 0.273 e. The van der Waals surface area contributed by atoms with E-state index in [4.69, 9.17) is 27.9 Å². The molecule has 0 amide bonds. The van der Waals surface area contributed by atoms with Crippen LogP contribution in [0.2, 0.25) is 10.0 Å². The van der Waals surface area contributed by atoms with Crippen molar-refractivity contribution in [1.82, 2.24) is 9.21 Å². The predicted octanol–water partition coefficient (Wildman–Crippen LogP) is 2.65. The zero-order valence-corrected chi connectivity index (χ0v) is 18.7. The van der Waals surface area contributed by atoms with E-state index >= 15 is 0 Å². The number of β-amino-alcohol motifs (C(OH)–C–C–N with tert-alkyl or cyclic N) is 1. The first-order valence-corrected chi connectivity index (χ1v) is 11.6. The summed E-state index contributed by atoms with van der Waals surface area (Å²) in [7, 11) is -3.78. The number of halogens is 2. The highest BCUT2D eigenvalue weighted by Crippen LogP contribution is 2.28. The topological polar surface area (TPSA) is 113 Å². The Hall–Kier alpha value is -1.95. The predicted molar refractivity (Wildman–Crippen MR) is 116 cm³/mol. The number of non-ortho nitro benzene ring substituents is 1. The Morgan fingerprint density at radius 1 is 1.13 bits per heavy atom. The first-order chi connectivity index (χ1) is 14.7. The molecule has 2 aromatic carbocycles. The molecule has 1 atom stereocenters. The highest BCUT2D eigenvalue weighted by Gasteiger charge is 2.30. The van der Waals surface area contributed by atoms with Crippen molar-refractivity contribution in [2.75, 3.05) is 39.3 Å². The summed E-state index contributed by atoms with van der Waals surface area (Å²) in [6, 6.07) is 10.0. The first-order valence-electron chi connectivity index (χ1n) is 9.39. The smallest absolute Gasteiger partial charge is 0.273 e. The Kier molecular flexibility index (Phi) is 7.73. The summed E-state index contributed by atoms with van der Waals surface area (Å²) < 4.78 is 32.5. The maximum absolute atomic E-state index is 12.9. The van der Waals surface area contributed by atoms with E-state index < -0.39 is 21.1 Å². The molecular formula is C19H21Cl2N3O6S. The molecule has 0 saturated carbocycles. The van der Waals surface area contributed by atoms with Gasteiger partial charge in [-0.05, 0) is 24.3 Å². The van der Waals surface area contributed by atoms with Crippen LogP contribution in [0.4, 0.5) is 5.69 Å².